The van der Waals surface area contributed by atoms with Crippen molar-refractivity contribution in [2.75, 3.05) is 0 Å². The van der Waals surface area contributed by atoms with Crippen LogP contribution in [0, 0.1) is 5.41 Å². The molecule has 1 N–H and O–H groups in total. The van der Waals surface area contributed by atoms with Crippen LogP contribution in [0.3, 0.4) is 0 Å². The van der Waals surface area contributed by atoms with Gasteiger partial charge in [0.2, 0.25) is 5.62 Å². The first-order valence-corrected chi connectivity index (χ1v) is 4.48. The van der Waals surface area contributed by atoms with E-state index in [1.165, 1.54) is 0 Å². The van der Waals surface area contributed by atoms with Gasteiger partial charge in [0.05, 0.1) is 0 Å². The van der Waals surface area contributed by atoms with E-state index in [1.807, 2.05) is 21.5 Å². The van der Waals surface area contributed by atoms with Gasteiger partial charge < -0.3 is 9.13 Å². The summed E-state index contributed by atoms with van der Waals surface area (Å²) in [6.07, 6.45) is 5.03. The Bertz CT molecular complexity index is 293. The zero-order chi connectivity index (χ0) is 9.14. The predicted molar refractivity (Wildman–Crippen MR) is 49.0 cm³/mol. The molecule has 0 aliphatic rings. The van der Waals surface area contributed by atoms with Gasteiger partial charge in [-0.05, 0) is 20.3 Å². The Morgan fingerprint density at radius 3 is 2.50 bits per heavy atom. The fourth-order valence-electron chi connectivity index (χ4n) is 1.28. The number of aromatic nitrogens is 2. The second kappa shape index (κ2) is 3.61. The SMILES string of the molecule is CCCn1ccn(C(C)C)c1=N. The number of nitrogens with zero attached hydrogens (tertiary/aromatic N) is 2. The molecule has 0 aliphatic heterocycles. The van der Waals surface area contributed by atoms with Crippen molar-refractivity contribution in [3.05, 3.63) is 18.0 Å². The van der Waals surface area contributed by atoms with Gasteiger partial charge in [0.15, 0.2) is 0 Å². The van der Waals surface area contributed by atoms with Crippen LogP contribution in [-0.4, -0.2) is 9.13 Å². The average Bonchev–Trinajstić information content (AvgIpc) is 2.34. The Hall–Kier alpha value is -0.990. The second-order valence-corrected chi connectivity index (χ2v) is 3.32. The highest BCUT2D eigenvalue weighted by Gasteiger charge is 2.01. The number of rotatable bonds is 3. The minimum atomic E-state index is 0.385. The third kappa shape index (κ3) is 1.60. The molecule has 3 nitrogen and oxygen atoms in total. The van der Waals surface area contributed by atoms with Crippen LogP contribution in [0.25, 0.3) is 0 Å². The van der Waals surface area contributed by atoms with Gasteiger partial charge in [0, 0.05) is 25.0 Å². The zero-order valence-corrected chi connectivity index (χ0v) is 8.04. The summed E-state index contributed by atoms with van der Waals surface area (Å²) in [5.74, 6) is 0. The molecule has 0 spiro atoms. The highest BCUT2D eigenvalue weighted by molar-refractivity contribution is 4.81. The lowest BCUT2D eigenvalue weighted by Gasteiger charge is -2.06. The molecule has 0 amide bonds. The van der Waals surface area contributed by atoms with Crippen molar-refractivity contribution in [1.29, 1.82) is 5.41 Å². The van der Waals surface area contributed by atoms with E-state index in [-0.39, 0.29) is 0 Å². The summed E-state index contributed by atoms with van der Waals surface area (Å²) in [7, 11) is 0. The van der Waals surface area contributed by atoms with Crippen molar-refractivity contribution in [3.63, 3.8) is 0 Å². The minimum Gasteiger partial charge on any atom is -0.318 e. The number of aryl methyl sites for hydroxylation is 1. The Morgan fingerprint density at radius 2 is 2.08 bits per heavy atom. The molecule has 0 unspecified atom stereocenters. The van der Waals surface area contributed by atoms with E-state index < -0.39 is 0 Å². The third-order valence-electron chi connectivity index (χ3n) is 1.94. The first kappa shape index (κ1) is 9.10. The van der Waals surface area contributed by atoms with Gasteiger partial charge in [-0.2, -0.15) is 0 Å². The fraction of sp³-hybridized carbons (Fsp3) is 0.667. The smallest absolute Gasteiger partial charge is 0.202 e. The van der Waals surface area contributed by atoms with Crippen LogP contribution in [0.5, 0.6) is 0 Å². The van der Waals surface area contributed by atoms with Crippen molar-refractivity contribution in [1.82, 2.24) is 9.13 Å². The predicted octanol–water partition coefficient (Wildman–Crippen LogP) is 1.76. The largest absolute Gasteiger partial charge is 0.318 e. The number of hydrogen-bond donors (Lipinski definition) is 1. The van der Waals surface area contributed by atoms with Crippen LogP contribution in [-0.2, 0) is 6.54 Å². The molecule has 1 aromatic heterocycles. The van der Waals surface area contributed by atoms with Gasteiger partial charge in [-0.1, -0.05) is 6.92 Å². The first-order chi connectivity index (χ1) is 5.66. The Balaban J connectivity index is 2.97. The average molecular weight is 167 g/mol. The number of hydrogen-bond acceptors (Lipinski definition) is 1. The molecule has 12 heavy (non-hydrogen) atoms. The Morgan fingerprint density at radius 1 is 1.42 bits per heavy atom. The highest BCUT2D eigenvalue weighted by atomic mass is 15.2. The van der Waals surface area contributed by atoms with Crippen LogP contribution in [0.2, 0.25) is 0 Å². The lowest BCUT2D eigenvalue weighted by molar-refractivity contribution is 0.528. The quantitative estimate of drug-likeness (QED) is 0.711. The molecular formula is C9H17N3. The summed E-state index contributed by atoms with van der Waals surface area (Å²) in [4.78, 5) is 0. The van der Waals surface area contributed by atoms with Crippen LogP contribution in [0.1, 0.15) is 33.2 Å². The van der Waals surface area contributed by atoms with E-state index in [1.54, 1.807) is 0 Å². The van der Waals surface area contributed by atoms with E-state index in [0.717, 1.165) is 13.0 Å². The molecule has 0 aliphatic carbocycles. The highest BCUT2D eigenvalue weighted by Crippen LogP contribution is 1.99. The first-order valence-electron chi connectivity index (χ1n) is 4.48. The summed E-state index contributed by atoms with van der Waals surface area (Å²) in [5, 5.41) is 7.79. The molecule has 1 rings (SSSR count). The van der Waals surface area contributed by atoms with Crippen molar-refractivity contribution in [2.24, 2.45) is 0 Å². The van der Waals surface area contributed by atoms with Gasteiger partial charge >= 0.3 is 0 Å². The summed E-state index contributed by atoms with van der Waals surface area (Å²) >= 11 is 0. The maximum Gasteiger partial charge on any atom is 0.202 e. The minimum absolute atomic E-state index is 0.385. The van der Waals surface area contributed by atoms with Crippen molar-refractivity contribution >= 4 is 0 Å². The van der Waals surface area contributed by atoms with Crippen LogP contribution in [0.4, 0.5) is 0 Å². The molecule has 0 aromatic carbocycles. The maximum atomic E-state index is 7.79. The number of nitrogens with one attached hydrogen (secondary N) is 1. The fourth-order valence-corrected chi connectivity index (χ4v) is 1.28. The van der Waals surface area contributed by atoms with Crippen molar-refractivity contribution < 1.29 is 0 Å². The molecule has 0 saturated heterocycles. The van der Waals surface area contributed by atoms with Crippen LogP contribution < -0.4 is 5.62 Å². The topological polar surface area (TPSA) is 33.7 Å². The standard InChI is InChI=1S/C9H17N3/c1-4-5-11-6-7-12(8(2)3)9(11)10/h6-8,10H,4-5H2,1-3H3. The molecular weight excluding hydrogens is 150 g/mol. The monoisotopic (exact) mass is 167 g/mol. The molecule has 3 heteroatoms. The Labute approximate surface area is 73.2 Å². The Kier molecular flexibility index (Phi) is 2.74. The van der Waals surface area contributed by atoms with Crippen molar-refractivity contribution in [2.45, 2.75) is 39.8 Å². The van der Waals surface area contributed by atoms with E-state index in [9.17, 15) is 0 Å². The van der Waals surface area contributed by atoms with E-state index >= 15 is 0 Å². The molecule has 1 heterocycles. The number of imidazole rings is 1. The molecule has 0 saturated carbocycles. The summed E-state index contributed by atoms with van der Waals surface area (Å²) in [6, 6.07) is 0.385. The van der Waals surface area contributed by atoms with Crippen LogP contribution in [0.15, 0.2) is 12.4 Å². The summed E-state index contributed by atoms with van der Waals surface area (Å²) < 4.78 is 3.94. The maximum absolute atomic E-state index is 7.79. The zero-order valence-electron chi connectivity index (χ0n) is 8.04. The molecule has 0 radical (unpaired) electrons. The van der Waals surface area contributed by atoms with Gasteiger partial charge in [-0.25, -0.2) is 0 Å². The molecule has 0 atom stereocenters. The van der Waals surface area contributed by atoms with E-state index in [0.29, 0.717) is 11.7 Å². The van der Waals surface area contributed by atoms with Gasteiger partial charge in [-0.15, -0.1) is 0 Å². The normalized spacial score (nSPS) is 11.0. The molecule has 0 bridgehead atoms. The lowest BCUT2D eigenvalue weighted by atomic mass is 10.4. The van der Waals surface area contributed by atoms with E-state index in [4.69, 9.17) is 5.41 Å². The third-order valence-corrected chi connectivity index (χ3v) is 1.94. The molecule has 68 valence electrons. The van der Waals surface area contributed by atoms with Gasteiger partial charge in [0.1, 0.15) is 0 Å². The van der Waals surface area contributed by atoms with Crippen LogP contribution >= 0.6 is 0 Å². The van der Waals surface area contributed by atoms with Crippen molar-refractivity contribution in [3.8, 4) is 0 Å². The van der Waals surface area contributed by atoms with E-state index in [2.05, 4.69) is 20.8 Å². The van der Waals surface area contributed by atoms with Gasteiger partial charge in [-0.3, -0.25) is 5.41 Å². The molecule has 1 aromatic rings. The van der Waals surface area contributed by atoms with Gasteiger partial charge in [0.25, 0.3) is 0 Å². The lowest BCUT2D eigenvalue weighted by Crippen LogP contribution is -2.25. The molecule has 0 fully saturated rings. The summed E-state index contributed by atoms with van der Waals surface area (Å²) in [6.45, 7) is 7.25. The summed E-state index contributed by atoms with van der Waals surface area (Å²) in [5.41, 5.74) is 0.604. The second-order valence-electron chi connectivity index (χ2n) is 3.32.